The van der Waals surface area contributed by atoms with Crippen LogP contribution in [0.3, 0.4) is 0 Å². The molecule has 1 rings (SSSR count). The summed E-state index contributed by atoms with van der Waals surface area (Å²) in [6, 6.07) is 5.86. The Kier molecular flexibility index (Phi) is 6.98. The third-order valence-corrected chi connectivity index (χ3v) is 5.11. The molecular formula is C15H25NO4S. The Morgan fingerprint density at radius 2 is 1.95 bits per heavy atom. The van der Waals surface area contributed by atoms with Crippen molar-refractivity contribution >= 4 is 9.84 Å². The maximum atomic E-state index is 11.6. The van der Waals surface area contributed by atoms with Gasteiger partial charge in [0.2, 0.25) is 0 Å². The first-order chi connectivity index (χ1) is 9.93. The molecule has 0 aromatic heterocycles. The minimum absolute atomic E-state index is 0.0265. The highest BCUT2D eigenvalue weighted by atomic mass is 32.2. The molecule has 1 atom stereocenters. The quantitative estimate of drug-likeness (QED) is 0.756. The van der Waals surface area contributed by atoms with Crippen LogP contribution in [0.25, 0.3) is 0 Å². The highest BCUT2D eigenvalue weighted by molar-refractivity contribution is 7.91. The van der Waals surface area contributed by atoms with E-state index in [9.17, 15) is 8.42 Å². The topological polar surface area (TPSA) is 64.6 Å². The number of hydrogen-bond donors (Lipinski definition) is 1. The van der Waals surface area contributed by atoms with Crippen LogP contribution >= 0.6 is 0 Å². The predicted octanol–water partition coefficient (Wildman–Crippen LogP) is 2.18. The van der Waals surface area contributed by atoms with Crippen molar-refractivity contribution in [3.8, 4) is 11.5 Å². The molecule has 0 radical (unpaired) electrons. The van der Waals surface area contributed by atoms with Crippen molar-refractivity contribution < 1.29 is 17.9 Å². The Hall–Kier alpha value is -1.27. The summed E-state index contributed by atoms with van der Waals surface area (Å²) in [5.41, 5.74) is 1.08. The number of rotatable bonds is 9. The fraction of sp³-hybridized carbons (Fsp3) is 0.600. The summed E-state index contributed by atoms with van der Waals surface area (Å²) in [6.45, 7) is 4.04. The number of sulfone groups is 1. The molecule has 1 aromatic carbocycles. The Morgan fingerprint density at radius 3 is 2.52 bits per heavy atom. The van der Waals surface area contributed by atoms with Gasteiger partial charge in [-0.2, -0.15) is 0 Å². The van der Waals surface area contributed by atoms with E-state index in [1.807, 2.05) is 39.1 Å². The summed E-state index contributed by atoms with van der Waals surface area (Å²) in [7, 11) is 0.440. The lowest BCUT2D eigenvalue weighted by Crippen LogP contribution is -2.17. The van der Waals surface area contributed by atoms with E-state index >= 15 is 0 Å². The Labute approximate surface area is 127 Å². The van der Waals surface area contributed by atoms with Crippen LogP contribution in [-0.2, 0) is 9.84 Å². The van der Waals surface area contributed by atoms with Gasteiger partial charge in [-0.3, -0.25) is 0 Å². The van der Waals surface area contributed by atoms with Gasteiger partial charge in [-0.25, -0.2) is 8.42 Å². The molecule has 1 N–H and O–H groups in total. The molecule has 0 aliphatic carbocycles. The Bertz CT molecular complexity index is 543. The van der Waals surface area contributed by atoms with E-state index in [1.165, 1.54) is 0 Å². The van der Waals surface area contributed by atoms with Crippen molar-refractivity contribution in [3.63, 3.8) is 0 Å². The number of hydrogen-bond acceptors (Lipinski definition) is 5. The van der Waals surface area contributed by atoms with E-state index in [0.29, 0.717) is 17.9 Å². The lowest BCUT2D eigenvalue weighted by atomic mass is 10.1. The summed E-state index contributed by atoms with van der Waals surface area (Å²) >= 11 is 0. The van der Waals surface area contributed by atoms with E-state index in [-0.39, 0.29) is 24.2 Å². The predicted molar refractivity (Wildman–Crippen MR) is 84.9 cm³/mol. The van der Waals surface area contributed by atoms with Crippen LogP contribution in [0.1, 0.15) is 31.9 Å². The number of methoxy groups -OCH3 is 1. The molecule has 1 aromatic rings. The van der Waals surface area contributed by atoms with Gasteiger partial charge in [0.1, 0.15) is 6.61 Å². The van der Waals surface area contributed by atoms with Crippen LogP contribution < -0.4 is 14.8 Å². The molecule has 0 heterocycles. The molecular weight excluding hydrogens is 290 g/mol. The van der Waals surface area contributed by atoms with Gasteiger partial charge in [0.15, 0.2) is 21.3 Å². The van der Waals surface area contributed by atoms with Gasteiger partial charge in [0.25, 0.3) is 0 Å². The molecule has 0 saturated heterocycles. The summed E-state index contributed by atoms with van der Waals surface area (Å²) in [6.07, 6.45) is 0.627. The largest absolute Gasteiger partial charge is 0.493 e. The van der Waals surface area contributed by atoms with Crippen molar-refractivity contribution in [1.29, 1.82) is 0 Å². The van der Waals surface area contributed by atoms with E-state index in [4.69, 9.17) is 9.47 Å². The number of nitrogens with one attached hydrogen (secondary N) is 1. The lowest BCUT2D eigenvalue weighted by molar-refractivity contribution is 0.311. The second-order valence-electron chi connectivity index (χ2n) is 4.92. The minimum atomic E-state index is -3.02. The fourth-order valence-electron chi connectivity index (χ4n) is 1.93. The molecule has 0 aliphatic rings. The first-order valence-electron chi connectivity index (χ1n) is 7.12. The summed E-state index contributed by atoms with van der Waals surface area (Å²) in [4.78, 5) is 0. The van der Waals surface area contributed by atoms with Gasteiger partial charge < -0.3 is 14.8 Å². The lowest BCUT2D eigenvalue weighted by Gasteiger charge is -2.15. The number of benzene rings is 1. The zero-order valence-corrected chi connectivity index (χ0v) is 14.0. The van der Waals surface area contributed by atoms with Crippen molar-refractivity contribution in [2.24, 2.45) is 0 Å². The minimum Gasteiger partial charge on any atom is -0.493 e. The van der Waals surface area contributed by atoms with Crippen LogP contribution in [0.4, 0.5) is 0 Å². The standard InChI is InChI=1S/C15H25NO4S/c1-5-9-21(17,18)10-8-20-14-7-6-13(12(2)16-3)11-15(14)19-4/h6-7,11-12,16H,5,8-10H2,1-4H3. The molecule has 0 fully saturated rings. The molecule has 1 unspecified atom stereocenters. The van der Waals surface area contributed by atoms with Crippen LogP contribution in [0.5, 0.6) is 11.5 Å². The van der Waals surface area contributed by atoms with Gasteiger partial charge in [-0.1, -0.05) is 13.0 Å². The van der Waals surface area contributed by atoms with Gasteiger partial charge in [-0.05, 0) is 38.1 Å². The molecule has 0 amide bonds. The molecule has 0 bridgehead atoms. The zero-order chi connectivity index (χ0) is 15.9. The molecule has 0 aliphatic heterocycles. The SMILES string of the molecule is CCCS(=O)(=O)CCOc1ccc(C(C)NC)cc1OC. The van der Waals surface area contributed by atoms with E-state index in [1.54, 1.807) is 7.11 Å². The van der Waals surface area contributed by atoms with Gasteiger partial charge in [-0.15, -0.1) is 0 Å². The Balaban J connectivity index is 2.71. The highest BCUT2D eigenvalue weighted by Gasteiger charge is 2.12. The van der Waals surface area contributed by atoms with Crippen molar-refractivity contribution in [1.82, 2.24) is 5.32 Å². The molecule has 0 spiro atoms. The van der Waals surface area contributed by atoms with Crippen molar-refractivity contribution in [2.75, 3.05) is 32.3 Å². The first-order valence-corrected chi connectivity index (χ1v) is 8.94. The monoisotopic (exact) mass is 315 g/mol. The van der Waals surface area contributed by atoms with Gasteiger partial charge in [0, 0.05) is 6.04 Å². The molecule has 120 valence electrons. The fourth-order valence-corrected chi connectivity index (χ4v) is 3.09. The summed E-state index contributed by atoms with van der Waals surface area (Å²) in [5.74, 6) is 1.41. The first kappa shape index (κ1) is 17.8. The van der Waals surface area contributed by atoms with Crippen LogP contribution in [0.15, 0.2) is 18.2 Å². The molecule has 6 heteroatoms. The van der Waals surface area contributed by atoms with E-state index < -0.39 is 9.84 Å². The number of ether oxygens (including phenoxy) is 2. The average molecular weight is 315 g/mol. The Morgan fingerprint density at radius 1 is 1.24 bits per heavy atom. The molecule has 21 heavy (non-hydrogen) atoms. The van der Waals surface area contributed by atoms with Crippen molar-refractivity contribution in [2.45, 2.75) is 26.3 Å². The highest BCUT2D eigenvalue weighted by Crippen LogP contribution is 2.30. The molecule has 0 saturated carbocycles. The van der Waals surface area contributed by atoms with E-state index in [2.05, 4.69) is 5.32 Å². The maximum Gasteiger partial charge on any atom is 0.161 e. The maximum absolute atomic E-state index is 11.6. The van der Waals surface area contributed by atoms with Crippen LogP contribution in [-0.4, -0.2) is 40.7 Å². The van der Waals surface area contributed by atoms with Gasteiger partial charge in [0.05, 0.1) is 18.6 Å². The third kappa shape index (κ3) is 5.55. The summed E-state index contributed by atoms with van der Waals surface area (Å²) < 4.78 is 34.1. The zero-order valence-electron chi connectivity index (χ0n) is 13.2. The second-order valence-corrected chi connectivity index (χ2v) is 7.22. The van der Waals surface area contributed by atoms with E-state index in [0.717, 1.165) is 5.56 Å². The van der Waals surface area contributed by atoms with Crippen LogP contribution in [0, 0.1) is 0 Å². The smallest absolute Gasteiger partial charge is 0.161 e. The summed E-state index contributed by atoms with van der Waals surface area (Å²) in [5, 5.41) is 3.15. The average Bonchev–Trinajstić information content (AvgIpc) is 2.46. The molecule has 5 nitrogen and oxygen atoms in total. The van der Waals surface area contributed by atoms with Crippen LogP contribution in [0.2, 0.25) is 0 Å². The van der Waals surface area contributed by atoms with Gasteiger partial charge >= 0.3 is 0 Å². The van der Waals surface area contributed by atoms with Crippen molar-refractivity contribution in [3.05, 3.63) is 23.8 Å². The normalized spacial score (nSPS) is 13.0. The second kappa shape index (κ2) is 8.24. The third-order valence-electron chi connectivity index (χ3n) is 3.29.